The van der Waals surface area contributed by atoms with Crippen LogP contribution in [0.4, 0.5) is 8.78 Å². The second kappa shape index (κ2) is 6.02. The Morgan fingerprint density at radius 2 is 1.79 bits per heavy atom. The van der Waals surface area contributed by atoms with Crippen molar-refractivity contribution in [2.24, 2.45) is 0 Å². The Hall–Kier alpha value is -0.930. The predicted molar refractivity (Wildman–Crippen MR) is 77.9 cm³/mol. The molecule has 19 heavy (non-hydrogen) atoms. The van der Waals surface area contributed by atoms with E-state index >= 15 is 0 Å². The molecular formula is C15H12BrClF2. The van der Waals surface area contributed by atoms with E-state index in [0.29, 0.717) is 5.02 Å². The summed E-state index contributed by atoms with van der Waals surface area (Å²) >= 11 is 9.46. The van der Waals surface area contributed by atoms with Crippen molar-refractivity contribution in [3.63, 3.8) is 0 Å². The molecule has 0 amide bonds. The fourth-order valence-electron chi connectivity index (χ4n) is 1.97. The fraction of sp³-hybridized carbons (Fsp3) is 0.200. The molecule has 100 valence electrons. The molecule has 0 bridgehead atoms. The van der Waals surface area contributed by atoms with Crippen LogP contribution in [0.25, 0.3) is 0 Å². The first-order chi connectivity index (χ1) is 8.97. The van der Waals surface area contributed by atoms with Crippen molar-refractivity contribution in [2.75, 3.05) is 0 Å². The topological polar surface area (TPSA) is 0 Å². The summed E-state index contributed by atoms with van der Waals surface area (Å²) in [6, 6.07) is 9.48. The van der Waals surface area contributed by atoms with Crippen LogP contribution in [-0.4, -0.2) is 0 Å². The molecule has 0 spiro atoms. The summed E-state index contributed by atoms with van der Waals surface area (Å²) in [5.41, 5.74) is 2.01. The van der Waals surface area contributed by atoms with Crippen LogP contribution in [0.5, 0.6) is 0 Å². The first kappa shape index (κ1) is 14.5. The monoisotopic (exact) mass is 344 g/mol. The lowest BCUT2D eigenvalue weighted by atomic mass is 10.0. The number of hydrogen-bond acceptors (Lipinski definition) is 0. The standard InChI is InChI=1S/C15H12BrClF2/c1-9-5-10(7-11(17)6-9)13(16)8-12-14(18)3-2-4-15(12)19/h2-7,13H,8H2,1H3. The van der Waals surface area contributed by atoms with Crippen molar-refractivity contribution in [3.8, 4) is 0 Å². The Kier molecular flexibility index (Phi) is 4.58. The zero-order valence-corrected chi connectivity index (χ0v) is 12.6. The molecule has 1 unspecified atom stereocenters. The minimum Gasteiger partial charge on any atom is -0.207 e. The predicted octanol–water partition coefficient (Wildman–Crippen LogP) is 5.61. The van der Waals surface area contributed by atoms with E-state index in [0.717, 1.165) is 11.1 Å². The zero-order valence-electron chi connectivity index (χ0n) is 10.3. The maximum Gasteiger partial charge on any atom is 0.129 e. The van der Waals surface area contributed by atoms with Crippen LogP contribution < -0.4 is 0 Å². The first-order valence-corrected chi connectivity index (χ1v) is 7.11. The van der Waals surface area contributed by atoms with Gasteiger partial charge >= 0.3 is 0 Å². The smallest absolute Gasteiger partial charge is 0.129 e. The zero-order chi connectivity index (χ0) is 14.0. The van der Waals surface area contributed by atoms with Gasteiger partial charge in [-0.25, -0.2) is 8.78 Å². The summed E-state index contributed by atoms with van der Waals surface area (Å²) in [5, 5.41) is 0.619. The number of halogens is 4. The molecule has 0 fully saturated rings. The average Bonchev–Trinajstić information content (AvgIpc) is 2.32. The number of alkyl halides is 1. The van der Waals surface area contributed by atoms with Crippen molar-refractivity contribution < 1.29 is 8.78 Å². The van der Waals surface area contributed by atoms with Crippen LogP contribution in [0.15, 0.2) is 36.4 Å². The molecule has 0 aliphatic heterocycles. The van der Waals surface area contributed by atoms with E-state index in [1.807, 2.05) is 19.1 Å². The highest BCUT2D eigenvalue weighted by Crippen LogP contribution is 2.31. The second-order valence-corrected chi connectivity index (χ2v) is 5.98. The van der Waals surface area contributed by atoms with Crippen LogP contribution in [-0.2, 0) is 6.42 Å². The van der Waals surface area contributed by atoms with Crippen LogP contribution in [0.1, 0.15) is 21.5 Å². The number of rotatable bonds is 3. The third-order valence-electron chi connectivity index (χ3n) is 2.87. The minimum absolute atomic E-state index is 0.0852. The molecule has 4 heteroatoms. The minimum atomic E-state index is -0.525. The summed E-state index contributed by atoms with van der Waals surface area (Å²) in [5.74, 6) is -1.05. The van der Waals surface area contributed by atoms with E-state index in [2.05, 4.69) is 15.9 Å². The van der Waals surface area contributed by atoms with Crippen molar-refractivity contribution in [1.29, 1.82) is 0 Å². The average molecular weight is 346 g/mol. The van der Waals surface area contributed by atoms with E-state index in [1.165, 1.54) is 18.2 Å². The lowest BCUT2D eigenvalue weighted by molar-refractivity contribution is 0.554. The summed E-state index contributed by atoms with van der Waals surface area (Å²) in [7, 11) is 0. The molecule has 0 saturated carbocycles. The van der Waals surface area contributed by atoms with E-state index in [4.69, 9.17) is 11.6 Å². The largest absolute Gasteiger partial charge is 0.207 e. The van der Waals surface area contributed by atoms with Gasteiger partial charge in [-0.3, -0.25) is 0 Å². The third-order valence-corrected chi connectivity index (χ3v) is 3.94. The van der Waals surface area contributed by atoms with Gasteiger partial charge in [0.25, 0.3) is 0 Å². The summed E-state index contributed by atoms with van der Waals surface area (Å²) in [4.78, 5) is -0.184. The SMILES string of the molecule is Cc1cc(Cl)cc(C(Br)Cc2c(F)cccc2F)c1. The van der Waals surface area contributed by atoms with Gasteiger partial charge in [-0.15, -0.1) is 0 Å². The van der Waals surface area contributed by atoms with Crippen molar-refractivity contribution in [2.45, 2.75) is 18.2 Å². The van der Waals surface area contributed by atoms with Gasteiger partial charge in [0.1, 0.15) is 11.6 Å². The Bertz CT molecular complexity index is 558. The van der Waals surface area contributed by atoms with Gasteiger partial charge in [0.15, 0.2) is 0 Å². The molecule has 0 saturated heterocycles. The molecule has 0 nitrogen and oxygen atoms in total. The Morgan fingerprint density at radius 3 is 2.37 bits per heavy atom. The van der Waals surface area contributed by atoms with Gasteiger partial charge in [0.05, 0.1) is 0 Å². The maximum atomic E-state index is 13.6. The molecule has 2 aromatic carbocycles. The molecule has 2 aromatic rings. The van der Waals surface area contributed by atoms with Crippen LogP contribution in [0, 0.1) is 18.6 Å². The molecule has 1 atom stereocenters. The van der Waals surface area contributed by atoms with Crippen LogP contribution in [0.3, 0.4) is 0 Å². The molecule has 0 radical (unpaired) electrons. The van der Waals surface area contributed by atoms with Gasteiger partial charge in [0.2, 0.25) is 0 Å². The molecule has 0 aliphatic carbocycles. The third kappa shape index (κ3) is 3.54. The lowest BCUT2D eigenvalue weighted by Crippen LogP contribution is -2.01. The Labute approximate surface area is 124 Å². The number of aryl methyl sites for hydroxylation is 1. The lowest BCUT2D eigenvalue weighted by Gasteiger charge is -2.13. The number of benzene rings is 2. The van der Waals surface area contributed by atoms with E-state index in [-0.39, 0.29) is 16.8 Å². The summed E-state index contributed by atoms with van der Waals surface area (Å²) < 4.78 is 27.2. The summed E-state index contributed by atoms with van der Waals surface area (Å²) in [6.45, 7) is 1.93. The highest BCUT2D eigenvalue weighted by molar-refractivity contribution is 9.09. The Morgan fingerprint density at radius 1 is 1.16 bits per heavy atom. The molecule has 0 aromatic heterocycles. The van der Waals surface area contributed by atoms with Crippen molar-refractivity contribution in [3.05, 3.63) is 69.7 Å². The second-order valence-electron chi connectivity index (χ2n) is 4.43. The van der Waals surface area contributed by atoms with Gasteiger partial charge in [0, 0.05) is 15.4 Å². The first-order valence-electron chi connectivity index (χ1n) is 5.81. The van der Waals surface area contributed by atoms with Crippen LogP contribution >= 0.6 is 27.5 Å². The van der Waals surface area contributed by atoms with Crippen molar-refractivity contribution in [1.82, 2.24) is 0 Å². The van der Waals surface area contributed by atoms with E-state index in [9.17, 15) is 8.78 Å². The maximum absolute atomic E-state index is 13.6. The van der Waals surface area contributed by atoms with Gasteiger partial charge in [-0.05, 0) is 48.7 Å². The highest BCUT2D eigenvalue weighted by atomic mass is 79.9. The molecule has 0 heterocycles. The van der Waals surface area contributed by atoms with Crippen molar-refractivity contribution >= 4 is 27.5 Å². The van der Waals surface area contributed by atoms with Gasteiger partial charge in [-0.2, -0.15) is 0 Å². The molecular weight excluding hydrogens is 334 g/mol. The molecule has 0 aliphatic rings. The normalized spacial score (nSPS) is 12.5. The molecule has 2 rings (SSSR count). The van der Waals surface area contributed by atoms with E-state index < -0.39 is 11.6 Å². The number of hydrogen-bond donors (Lipinski definition) is 0. The fourth-order valence-corrected chi connectivity index (χ4v) is 2.86. The molecule has 0 N–H and O–H groups in total. The quantitative estimate of drug-likeness (QED) is 0.635. The van der Waals surface area contributed by atoms with E-state index in [1.54, 1.807) is 6.07 Å². The van der Waals surface area contributed by atoms with Crippen LogP contribution in [0.2, 0.25) is 5.02 Å². The van der Waals surface area contributed by atoms with Gasteiger partial charge < -0.3 is 0 Å². The van der Waals surface area contributed by atoms with Gasteiger partial charge in [-0.1, -0.05) is 39.7 Å². The highest BCUT2D eigenvalue weighted by Gasteiger charge is 2.15. The Balaban J connectivity index is 2.28. The summed E-state index contributed by atoms with van der Waals surface area (Å²) in [6.07, 6.45) is 0.234.